The molecular weight excluding hydrogens is 332 g/mol. The van der Waals surface area contributed by atoms with E-state index in [0.29, 0.717) is 11.4 Å². The summed E-state index contributed by atoms with van der Waals surface area (Å²) in [6.45, 7) is 0. The lowest BCUT2D eigenvalue weighted by Crippen LogP contribution is -2.12. The molecule has 0 saturated heterocycles. The van der Waals surface area contributed by atoms with Gasteiger partial charge in [-0.2, -0.15) is 10.4 Å². The van der Waals surface area contributed by atoms with Gasteiger partial charge in [0.1, 0.15) is 11.4 Å². The Hall–Kier alpha value is -4.05. The standard InChI is InChI=1S/C19H12N4O3/c20-9-11-1-3-14(17(24)7-11)19(25)21-13-2-4-16-15(8-13)18(23-22-16)12-5-6-26-10-12/h1-8,10,24H,(H,21,25)(H,22,23). The zero-order valence-electron chi connectivity index (χ0n) is 13.4. The van der Waals surface area contributed by atoms with Crippen LogP contribution in [0.25, 0.3) is 22.2 Å². The predicted octanol–water partition coefficient (Wildman–Crippen LogP) is 3.65. The lowest BCUT2D eigenvalue weighted by atomic mass is 10.1. The molecular formula is C19H12N4O3. The number of nitrogens with zero attached hydrogens (tertiary/aromatic N) is 2. The van der Waals surface area contributed by atoms with Crippen molar-refractivity contribution in [1.82, 2.24) is 10.2 Å². The number of hydrogen-bond acceptors (Lipinski definition) is 5. The maximum absolute atomic E-state index is 12.4. The summed E-state index contributed by atoms with van der Waals surface area (Å²) in [4.78, 5) is 12.4. The fourth-order valence-corrected chi connectivity index (χ4v) is 2.70. The molecule has 7 nitrogen and oxygen atoms in total. The highest BCUT2D eigenvalue weighted by atomic mass is 16.3. The van der Waals surface area contributed by atoms with Crippen LogP contribution in [0.3, 0.4) is 0 Å². The van der Waals surface area contributed by atoms with Gasteiger partial charge in [-0.05, 0) is 42.5 Å². The topological polar surface area (TPSA) is 115 Å². The van der Waals surface area contributed by atoms with Gasteiger partial charge in [-0.1, -0.05) is 0 Å². The first kappa shape index (κ1) is 15.5. The van der Waals surface area contributed by atoms with E-state index in [-0.39, 0.29) is 16.9 Å². The molecule has 0 radical (unpaired) electrons. The Morgan fingerprint density at radius 1 is 1.23 bits per heavy atom. The molecule has 7 heteroatoms. The molecule has 3 N–H and O–H groups in total. The van der Waals surface area contributed by atoms with Crippen LogP contribution in [-0.2, 0) is 0 Å². The smallest absolute Gasteiger partial charge is 0.259 e. The van der Waals surface area contributed by atoms with Gasteiger partial charge in [0.05, 0.1) is 35.2 Å². The van der Waals surface area contributed by atoms with Crippen LogP contribution in [0.15, 0.2) is 59.4 Å². The monoisotopic (exact) mass is 344 g/mol. The van der Waals surface area contributed by atoms with E-state index >= 15 is 0 Å². The third kappa shape index (κ3) is 2.65. The number of nitriles is 1. The van der Waals surface area contributed by atoms with Gasteiger partial charge in [-0.25, -0.2) is 0 Å². The summed E-state index contributed by atoms with van der Waals surface area (Å²) in [5, 5.41) is 29.6. The van der Waals surface area contributed by atoms with Crippen LogP contribution in [0, 0.1) is 11.3 Å². The lowest BCUT2D eigenvalue weighted by molar-refractivity contribution is 0.102. The molecule has 1 amide bonds. The second-order valence-corrected chi connectivity index (χ2v) is 5.64. The van der Waals surface area contributed by atoms with Crippen molar-refractivity contribution in [2.45, 2.75) is 0 Å². The molecule has 0 atom stereocenters. The van der Waals surface area contributed by atoms with Crippen molar-refractivity contribution in [3.8, 4) is 23.1 Å². The minimum Gasteiger partial charge on any atom is -0.507 e. The first-order valence-electron chi connectivity index (χ1n) is 7.71. The number of H-pyrrole nitrogens is 1. The quantitative estimate of drug-likeness (QED) is 0.525. The largest absolute Gasteiger partial charge is 0.507 e. The van der Waals surface area contributed by atoms with E-state index in [2.05, 4.69) is 15.5 Å². The van der Waals surface area contributed by atoms with Crippen molar-refractivity contribution in [3.63, 3.8) is 0 Å². The van der Waals surface area contributed by atoms with Gasteiger partial charge in [-0.15, -0.1) is 0 Å². The van der Waals surface area contributed by atoms with Crippen molar-refractivity contribution < 1.29 is 14.3 Å². The number of rotatable bonds is 3. The van der Waals surface area contributed by atoms with E-state index in [1.165, 1.54) is 18.2 Å². The van der Waals surface area contributed by atoms with Crippen LogP contribution < -0.4 is 5.32 Å². The fourth-order valence-electron chi connectivity index (χ4n) is 2.70. The summed E-state index contributed by atoms with van der Waals surface area (Å²) in [6, 6.07) is 13.2. The van der Waals surface area contributed by atoms with Crippen molar-refractivity contribution in [3.05, 3.63) is 66.1 Å². The highest BCUT2D eigenvalue weighted by Gasteiger charge is 2.14. The average Bonchev–Trinajstić information content (AvgIpc) is 3.30. The molecule has 0 bridgehead atoms. The molecule has 0 aliphatic rings. The predicted molar refractivity (Wildman–Crippen MR) is 94.6 cm³/mol. The molecule has 2 aromatic heterocycles. The van der Waals surface area contributed by atoms with Gasteiger partial charge in [0, 0.05) is 16.6 Å². The lowest BCUT2D eigenvalue weighted by Gasteiger charge is -2.07. The molecule has 0 fully saturated rings. The second kappa shape index (κ2) is 6.11. The highest BCUT2D eigenvalue weighted by Crippen LogP contribution is 2.29. The number of hydrogen-bond donors (Lipinski definition) is 3. The SMILES string of the molecule is N#Cc1ccc(C(=O)Nc2ccc3[nH]nc(-c4ccoc4)c3c2)c(O)c1. The van der Waals surface area contributed by atoms with Gasteiger partial charge in [0.2, 0.25) is 0 Å². The number of anilines is 1. The molecule has 2 aromatic carbocycles. The molecule has 126 valence electrons. The Morgan fingerprint density at radius 2 is 2.12 bits per heavy atom. The Bertz CT molecular complexity index is 1150. The van der Waals surface area contributed by atoms with Gasteiger partial charge >= 0.3 is 0 Å². The van der Waals surface area contributed by atoms with E-state index < -0.39 is 5.91 Å². The van der Waals surface area contributed by atoms with Crippen molar-refractivity contribution in [2.24, 2.45) is 0 Å². The van der Waals surface area contributed by atoms with Crippen LogP contribution >= 0.6 is 0 Å². The number of carbonyl (C=O) groups is 1. The summed E-state index contributed by atoms with van der Waals surface area (Å²) in [6.07, 6.45) is 3.16. The molecule has 0 aliphatic heterocycles. The van der Waals surface area contributed by atoms with Gasteiger partial charge < -0.3 is 14.8 Å². The van der Waals surface area contributed by atoms with Crippen molar-refractivity contribution in [2.75, 3.05) is 5.32 Å². The molecule has 2 heterocycles. The first-order chi connectivity index (χ1) is 12.7. The number of aromatic nitrogens is 2. The highest BCUT2D eigenvalue weighted by molar-refractivity contribution is 6.07. The molecule has 4 rings (SSSR count). The number of benzene rings is 2. The molecule has 0 unspecified atom stereocenters. The minimum absolute atomic E-state index is 0.0892. The summed E-state index contributed by atoms with van der Waals surface area (Å²) < 4.78 is 5.10. The maximum Gasteiger partial charge on any atom is 0.259 e. The Morgan fingerprint density at radius 3 is 2.85 bits per heavy atom. The van der Waals surface area contributed by atoms with Gasteiger partial charge in [-0.3, -0.25) is 9.89 Å². The third-order valence-corrected chi connectivity index (χ3v) is 3.99. The van der Waals surface area contributed by atoms with Gasteiger partial charge in [0.25, 0.3) is 5.91 Å². The molecule has 0 saturated carbocycles. The number of phenols is 1. The van der Waals surface area contributed by atoms with Crippen LogP contribution in [0.1, 0.15) is 15.9 Å². The first-order valence-corrected chi connectivity index (χ1v) is 7.71. The molecule has 4 aromatic rings. The zero-order valence-corrected chi connectivity index (χ0v) is 13.4. The Kier molecular flexibility index (Phi) is 3.64. The number of carbonyl (C=O) groups excluding carboxylic acids is 1. The number of aromatic hydroxyl groups is 1. The summed E-state index contributed by atoms with van der Waals surface area (Å²) in [5.41, 5.74) is 3.28. The zero-order chi connectivity index (χ0) is 18.1. The van der Waals surface area contributed by atoms with Crippen molar-refractivity contribution in [1.29, 1.82) is 5.26 Å². The number of furan rings is 1. The average molecular weight is 344 g/mol. The Labute approximate surface area is 147 Å². The fraction of sp³-hybridized carbons (Fsp3) is 0. The van der Waals surface area contributed by atoms with Crippen LogP contribution in [0.2, 0.25) is 0 Å². The molecule has 0 aliphatic carbocycles. The summed E-state index contributed by atoms with van der Waals surface area (Å²) in [5.74, 6) is -0.718. The number of aromatic amines is 1. The van der Waals surface area contributed by atoms with E-state index in [1.54, 1.807) is 36.8 Å². The van der Waals surface area contributed by atoms with Crippen LogP contribution in [0.4, 0.5) is 5.69 Å². The number of fused-ring (bicyclic) bond motifs is 1. The normalized spacial score (nSPS) is 10.6. The van der Waals surface area contributed by atoms with E-state index in [1.807, 2.05) is 6.07 Å². The van der Waals surface area contributed by atoms with E-state index in [9.17, 15) is 9.90 Å². The molecule has 26 heavy (non-hydrogen) atoms. The van der Waals surface area contributed by atoms with Crippen molar-refractivity contribution >= 4 is 22.5 Å². The number of amides is 1. The molecule has 0 spiro atoms. The number of nitrogens with one attached hydrogen (secondary N) is 2. The van der Waals surface area contributed by atoms with Gasteiger partial charge in [0.15, 0.2) is 0 Å². The third-order valence-electron chi connectivity index (χ3n) is 3.99. The Balaban J connectivity index is 1.66. The van der Waals surface area contributed by atoms with E-state index in [4.69, 9.17) is 9.68 Å². The van der Waals surface area contributed by atoms with Crippen LogP contribution in [0.5, 0.6) is 5.75 Å². The summed E-state index contributed by atoms with van der Waals surface area (Å²) in [7, 11) is 0. The number of phenolic OH excluding ortho intramolecular Hbond substituents is 1. The van der Waals surface area contributed by atoms with Crippen LogP contribution in [-0.4, -0.2) is 21.2 Å². The second-order valence-electron chi connectivity index (χ2n) is 5.64. The summed E-state index contributed by atoms with van der Waals surface area (Å²) >= 11 is 0. The van der Waals surface area contributed by atoms with E-state index in [0.717, 1.165) is 16.5 Å². The maximum atomic E-state index is 12.4. The minimum atomic E-state index is -0.473.